The molecule has 1 atom stereocenters. The number of benzene rings is 2. The monoisotopic (exact) mass is 488 g/mol. The number of ether oxygens (including phenoxy) is 3. The van der Waals surface area contributed by atoms with Gasteiger partial charge in [0.25, 0.3) is 11.7 Å². The van der Waals surface area contributed by atoms with E-state index in [2.05, 4.69) is 4.98 Å². The molecule has 2 aromatic carbocycles. The van der Waals surface area contributed by atoms with E-state index in [0.29, 0.717) is 28.4 Å². The zero-order valence-corrected chi connectivity index (χ0v) is 20.6. The molecule has 8 nitrogen and oxygen atoms in total. The Morgan fingerprint density at radius 2 is 1.75 bits per heavy atom. The van der Waals surface area contributed by atoms with E-state index in [1.54, 1.807) is 60.9 Å². The average Bonchev–Trinajstić information content (AvgIpc) is 3.13. The molecule has 2 heterocycles. The average molecular weight is 489 g/mol. The second-order valence-corrected chi connectivity index (χ2v) is 8.59. The number of Topliss-reactive ketones (excluding diaryl/α,β-unsaturated/α-hetero) is 1. The standard InChI is InChI=1S/C28H28N2O6/c1-17(2)36-20-9-7-19(8-10-20)26(31)24-25(22-12-11-21(34-3)14-23(22)35-4)30(28(33)27(24)32)16-18-6-5-13-29-15-18/h5-15,17,25,31H,16H2,1-4H3/b26-24+/t25-/m0/s1. The summed E-state index contributed by atoms with van der Waals surface area (Å²) >= 11 is 0. The minimum atomic E-state index is -0.891. The van der Waals surface area contributed by atoms with Gasteiger partial charge in [0.2, 0.25) is 0 Å². The van der Waals surface area contributed by atoms with Crippen molar-refractivity contribution in [1.82, 2.24) is 9.88 Å². The molecule has 1 aliphatic heterocycles. The maximum atomic E-state index is 13.3. The van der Waals surface area contributed by atoms with Gasteiger partial charge in [-0.05, 0) is 61.9 Å². The number of carbonyl (C=O) groups excluding carboxylic acids is 2. The van der Waals surface area contributed by atoms with E-state index < -0.39 is 17.7 Å². The molecule has 4 rings (SSSR count). The van der Waals surface area contributed by atoms with Crippen LogP contribution in [0.3, 0.4) is 0 Å². The van der Waals surface area contributed by atoms with Crippen LogP contribution in [0, 0.1) is 0 Å². The van der Waals surface area contributed by atoms with Gasteiger partial charge in [-0.3, -0.25) is 14.6 Å². The van der Waals surface area contributed by atoms with Gasteiger partial charge >= 0.3 is 0 Å². The van der Waals surface area contributed by atoms with Gasteiger partial charge in [-0.15, -0.1) is 0 Å². The molecule has 0 spiro atoms. The van der Waals surface area contributed by atoms with Crippen molar-refractivity contribution in [1.29, 1.82) is 0 Å². The predicted octanol–water partition coefficient (Wildman–Crippen LogP) is 4.51. The van der Waals surface area contributed by atoms with Crippen molar-refractivity contribution >= 4 is 17.4 Å². The Morgan fingerprint density at radius 1 is 1.03 bits per heavy atom. The summed E-state index contributed by atoms with van der Waals surface area (Å²) in [5, 5.41) is 11.3. The summed E-state index contributed by atoms with van der Waals surface area (Å²) in [5.74, 6) is -0.165. The van der Waals surface area contributed by atoms with Crippen LogP contribution in [0.5, 0.6) is 17.2 Å². The van der Waals surface area contributed by atoms with Crippen molar-refractivity contribution in [3.8, 4) is 17.2 Å². The van der Waals surface area contributed by atoms with Crippen LogP contribution in [0.2, 0.25) is 0 Å². The fraction of sp³-hybridized carbons (Fsp3) is 0.250. The summed E-state index contributed by atoms with van der Waals surface area (Å²) in [6.45, 7) is 3.95. The molecule has 36 heavy (non-hydrogen) atoms. The molecule has 1 aromatic heterocycles. The molecule has 1 amide bonds. The van der Waals surface area contributed by atoms with E-state index in [9.17, 15) is 14.7 Å². The van der Waals surface area contributed by atoms with Gasteiger partial charge in [0.1, 0.15) is 23.0 Å². The third kappa shape index (κ3) is 4.88. The molecule has 186 valence electrons. The molecule has 0 unspecified atom stereocenters. The Bertz CT molecular complexity index is 1290. The first-order chi connectivity index (χ1) is 17.3. The number of hydrogen-bond donors (Lipinski definition) is 1. The van der Waals surface area contributed by atoms with Gasteiger partial charge in [-0.1, -0.05) is 6.07 Å². The normalized spacial score (nSPS) is 16.9. The number of nitrogens with zero attached hydrogens (tertiary/aromatic N) is 2. The number of aliphatic hydroxyl groups is 1. The summed E-state index contributed by atoms with van der Waals surface area (Å²) in [6.07, 6.45) is 3.26. The van der Waals surface area contributed by atoms with Crippen LogP contribution in [-0.2, 0) is 16.1 Å². The molecule has 1 fully saturated rings. The van der Waals surface area contributed by atoms with E-state index >= 15 is 0 Å². The third-order valence-corrected chi connectivity index (χ3v) is 5.85. The van der Waals surface area contributed by atoms with E-state index in [0.717, 1.165) is 5.56 Å². The maximum absolute atomic E-state index is 13.3. The number of likely N-dealkylation sites (tertiary alicyclic amines) is 1. The summed E-state index contributed by atoms with van der Waals surface area (Å²) in [7, 11) is 3.04. The zero-order chi connectivity index (χ0) is 25.8. The smallest absolute Gasteiger partial charge is 0.295 e. The summed E-state index contributed by atoms with van der Waals surface area (Å²) in [6, 6.07) is 14.6. The van der Waals surface area contributed by atoms with Gasteiger partial charge < -0.3 is 24.2 Å². The van der Waals surface area contributed by atoms with Gasteiger partial charge in [-0.25, -0.2) is 0 Å². The molecule has 0 aliphatic carbocycles. The second kappa shape index (κ2) is 10.5. The van der Waals surface area contributed by atoms with Gasteiger partial charge in [-0.2, -0.15) is 0 Å². The lowest BCUT2D eigenvalue weighted by Crippen LogP contribution is -2.29. The molecular formula is C28H28N2O6. The summed E-state index contributed by atoms with van der Waals surface area (Å²) in [4.78, 5) is 32.1. The Labute approximate surface area is 209 Å². The van der Waals surface area contributed by atoms with Crippen molar-refractivity contribution in [2.45, 2.75) is 32.5 Å². The second-order valence-electron chi connectivity index (χ2n) is 8.59. The molecule has 1 N–H and O–H groups in total. The maximum Gasteiger partial charge on any atom is 0.295 e. The SMILES string of the molecule is COc1ccc([C@H]2/C(=C(\O)c3ccc(OC(C)C)cc3)C(=O)C(=O)N2Cc2cccnc2)c(OC)c1. The Balaban J connectivity index is 1.86. The van der Waals surface area contributed by atoms with Gasteiger partial charge in [0, 0.05) is 36.1 Å². The number of amides is 1. The van der Waals surface area contributed by atoms with E-state index in [-0.39, 0.29) is 24.0 Å². The first-order valence-electron chi connectivity index (χ1n) is 11.5. The van der Waals surface area contributed by atoms with E-state index in [1.165, 1.54) is 19.1 Å². The first-order valence-corrected chi connectivity index (χ1v) is 11.5. The number of aliphatic hydroxyl groups excluding tert-OH is 1. The van der Waals surface area contributed by atoms with Crippen LogP contribution in [0.1, 0.15) is 36.6 Å². The summed E-state index contributed by atoms with van der Waals surface area (Å²) < 4.78 is 16.6. The molecule has 0 radical (unpaired) electrons. The molecule has 3 aromatic rings. The number of aromatic nitrogens is 1. The van der Waals surface area contributed by atoms with Crippen molar-refractivity contribution in [2.75, 3.05) is 14.2 Å². The molecular weight excluding hydrogens is 460 g/mol. The van der Waals surface area contributed by atoms with Crippen molar-refractivity contribution in [3.05, 3.63) is 89.3 Å². The zero-order valence-electron chi connectivity index (χ0n) is 20.6. The summed E-state index contributed by atoms with van der Waals surface area (Å²) in [5.41, 5.74) is 1.66. The number of ketones is 1. The van der Waals surface area contributed by atoms with Crippen molar-refractivity contribution < 1.29 is 28.9 Å². The van der Waals surface area contributed by atoms with Crippen LogP contribution >= 0.6 is 0 Å². The number of hydrogen-bond acceptors (Lipinski definition) is 7. The lowest BCUT2D eigenvalue weighted by molar-refractivity contribution is -0.140. The highest BCUT2D eigenvalue weighted by Gasteiger charge is 2.47. The van der Waals surface area contributed by atoms with Gasteiger partial charge in [0.15, 0.2) is 0 Å². The molecule has 1 aliphatic rings. The third-order valence-electron chi connectivity index (χ3n) is 5.85. The number of methoxy groups -OCH3 is 2. The topological polar surface area (TPSA) is 98.2 Å². The van der Waals surface area contributed by atoms with Crippen LogP contribution in [0.4, 0.5) is 0 Å². The molecule has 1 saturated heterocycles. The minimum absolute atomic E-state index is 0.00946. The quantitative estimate of drug-likeness (QED) is 0.283. The first kappa shape index (κ1) is 24.8. The minimum Gasteiger partial charge on any atom is -0.507 e. The lowest BCUT2D eigenvalue weighted by atomic mass is 9.94. The highest BCUT2D eigenvalue weighted by atomic mass is 16.5. The van der Waals surface area contributed by atoms with E-state index in [1.807, 2.05) is 19.9 Å². The largest absolute Gasteiger partial charge is 0.507 e. The fourth-order valence-electron chi connectivity index (χ4n) is 4.22. The lowest BCUT2D eigenvalue weighted by Gasteiger charge is -2.27. The van der Waals surface area contributed by atoms with Crippen molar-refractivity contribution in [2.24, 2.45) is 0 Å². The number of carbonyl (C=O) groups is 2. The Hall–Kier alpha value is -4.33. The predicted molar refractivity (Wildman–Crippen MR) is 134 cm³/mol. The Morgan fingerprint density at radius 3 is 2.36 bits per heavy atom. The molecule has 8 heteroatoms. The number of rotatable bonds is 8. The van der Waals surface area contributed by atoms with Crippen LogP contribution in [-0.4, -0.2) is 47.0 Å². The molecule has 0 bridgehead atoms. The molecule has 0 saturated carbocycles. The highest BCUT2D eigenvalue weighted by molar-refractivity contribution is 6.46. The fourth-order valence-corrected chi connectivity index (χ4v) is 4.22. The van der Waals surface area contributed by atoms with Crippen LogP contribution in [0.25, 0.3) is 5.76 Å². The van der Waals surface area contributed by atoms with Crippen molar-refractivity contribution in [3.63, 3.8) is 0 Å². The van der Waals surface area contributed by atoms with Crippen LogP contribution < -0.4 is 14.2 Å². The number of pyridine rings is 1. The highest BCUT2D eigenvalue weighted by Crippen LogP contribution is 2.44. The van der Waals surface area contributed by atoms with Gasteiger partial charge in [0.05, 0.1) is 31.9 Å². The van der Waals surface area contributed by atoms with Crippen LogP contribution in [0.15, 0.2) is 72.6 Å². The Kier molecular flexibility index (Phi) is 7.24. The van der Waals surface area contributed by atoms with E-state index in [4.69, 9.17) is 14.2 Å².